The molecule has 0 aliphatic heterocycles. The lowest BCUT2D eigenvalue weighted by atomic mass is 10.1. The van der Waals surface area contributed by atoms with Gasteiger partial charge in [0, 0.05) is 19.3 Å². The van der Waals surface area contributed by atoms with Crippen molar-refractivity contribution in [3.05, 3.63) is 134 Å². The highest BCUT2D eigenvalue weighted by molar-refractivity contribution is 5.71. The Morgan fingerprint density at radius 3 is 0.943 bits per heavy atom. The summed E-state index contributed by atoms with van der Waals surface area (Å²) in [4.78, 5) is 37.9. The zero-order chi connectivity index (χ0) is 50.7. The van der Waals surface area contributed by atoms with Gasteiger partial charge in [0.15, 0.2) is 6.10 Å². The first-order valence-electron chi connectivity index (χ1n) is 28.2. The molecule has 0 spiro atoms. The Morgan fingerprint density at radius 2 is 0.571 bits per heavy atom. The van der Waals surface area contributed by atoms with Gasteiger partial charge in [-0.1, -0.05) is 231 Å². The first kappa shape index (κ1) is 65.5. The van der Waals surface area contributed by atoms with Gasteiger partial charge in [-0.25, -0.2) is 0 Å². The van der Waals surface area contributed by atoms with Crippen LogP contribution >= 0.6 is 0 Å². The van der Waals surface area contributed by atoms with Gasteiger partial charge in [0.2, 0.25) is 0 Å². The monoisotopic (exact) mass is 967 g/mol. The maximum Gasteiger partial charge on any atom is 0.306 e. The van der Waals surface area contributed by atoms with Crippen molar-refractivity contribution >= 4 is 17.9 Å². The fraction of sp³-hybridized carbons (Fsp3) is 0.609. The number of carbonyl (C=O) groups is 3. The molecule has 0 fully saturated rings. The summed E-state index contributed by atoms with van der Waals surface area (Å²) in [6.45, 7) is 6.39. The SMILES string of the molecule is CC/C=C\C/C=C\C/C=C\C/C=C\C/C=C\C/C=C\C/C=C\C/C=C\C/C=C\CCCC(=O)OCC(COC(=O)CCCCCCCCC)OC(=O)CCCCCCC/C=C\C/C=C\CCCCCC. The van der Waals surface area contributed by atoms with Crippen LogP contribution in [0.3, 0.4) is 0 Å². The lowest BCUT2D eigenvalue weighted by Crippen LogP contribution is -2.30. The Morgan fingerprint density at radius 1 is 0.300 bits per heavy atom. The van der Waals surface area contributed by atoms with Crippen molar-refractivity contribution in [1.82, 2.24) is 0 Å². The van der Waals surface area contributed by atoms with E-state index in [9.17, 15) is 14.4 Å². The Balaban J connectivity index is 4.34. The zero-order valence-corrected chi connectivity index (χ0v) is 45.0. The van der Waals surface area contributed by atoms with Crippen molar-refractivity contribution in [3.63, 3.8) is 0 Å². The van der Waals surface area contributed by atoms with Crippen molar-refractivity contribution in [2.45, 2.75) is 239 Å². The van der Waals surface area contributed by atoms with E-state index in [0.717, 1.165) is 128 Å². The van der Waals surface area contributed by atoms with Crippen LogP contribution in [0, 0.1) is 0 Å². The number of unbranched alkanes of at least 4 members (excludes halogenated alkanes) is 16. The van der Waals surface area contributed by atoms with E-state index in [-0.39, 0.29) is 37.5 Å². The summed E-state index contributed by atoms with van der Waals surface area (Å²) in [6.07, 6.45) is 80.4. The van der Waals surface area contributed by atoms with Crippen molar-refractivity contribution in [2.75, 3.05) is 13.2 Å². The smallest absolute Gasteiger partial charge is 0.306 e. The maximum atomic E-state index is 12.8. The van der Waals surface area contributed by atoms with E-state index in [1.807, 2.05) is 0 Å². The Bertz CT molecular complexity index is 1530. The Labute approximate surface area is 430 Å². The van der Waals surface area contributed by atoms with Crippen LogP contribution in [-0.2, 0) is 28.6 Å². The van der Waals surface area contributed by atoms with Gasteiger partial charge in [-0.15, -0.1) is 0 Å². The van der Waals surface area contributed by atoms with Crippen molar-refractivity contribution in [2.24, 2.45) is 0 Å². The lowest BCUT2D eigenvalue weighted by molar-refractivity contribution is -0.167. The maximum absolute atomic E-state index is 12.8. The normalized spacial score (nSPS) is 13.1. The second-order valence-electron chi connectivity index (χ2n) is 18.1. The first-order valence-corrected chi connectivity index (χ1v) is 28.2. The van der Waals surface area contributed by atoms with E-state index in [4.69, 9.17) is 14.2 Å². The predicted molar refractivity (Wildman–Crippen MR) is 302 cm³/mol. The number of allylic oxidation sites excluding steroid dienone is 22. The van der Waals surface area contributed by atoms with Gasteiger partial charge in [0.25, 0.3) is 0 Å². The predicted octanol–water partition coefficient (Wildman–Crippen LogP) is 19.0. The van der Waals surface area contributed by atoms with Crippen LogP contribution in [-0.4, -0.2) is 37.2 Å². The molecule has 0 aromatic heterocycles. The molecule has 0 rings (SSSR count). The molecular weight excluding hydrogens is 865 g/mol. The molecular formula is C64H102O6. The molecule has 0 aliphatic rings. The highest BCUT2D eigenvalue weighted by atomic mass is 16.6. The summed E-state index contributed by atoms with van der Waals surface area (Å²) < 4.78 is 16.7. The molecule has 0 aliphatic carbocycles. The third-order valence-corrected chi connectivity index (χ3v) is 11.4. The quantitative estimate of drug-likeness (QED) is 0.0262. The molecule has 6 heteroatoms. The Kier molecular flexibility index (Phi) is 53.5. The van der Waals surface area contributed by atoms with E-state index >= 15 is 0 Å². The largest absolute Gasteiger partial charge is 0.462 e. The van der Waals surface area contributed by atoms with Crippen molar-refractivity contribution in [3.8, 4) is 0 Å². The molecule has 1 atom stereocenters. The molecule has 0 saturated carbocycles. The molecule has 0 heterocycles. The van der Waals surface area contributed by atoms with E-state index < -0.39 is 6.10 Å². The minimum absolute atomic E-state index is 0.105. The highest BCUT2D eigenvalue weighted by Crippen LogP contribution is 2.12. The van der Waals surface area contributed by atoms with Crippen molar-refractivity contribution in [1.29, 1.82) is 0 Å². The van der Waals surface area contributed by atoms with Crippen LogP contribution in [0.2, 0.25) is 0 Å². The molecule has 0 N–H and O–H groups in total. The average Bonchev–Trinajstić information content (AvgIpc) is 3.36. The zero-order valence-electron chi connectivity index (χ0n) is 45.0. The van der Waals surface area contributed by atoms with Crippen LogP contribution in [0.4, 0.5) is 0 Å². The number of ether oxygens (including phenoxy) is 3. The van der Waals surface area contributed by atoms with Crippen molar-refractivity contribution < 1.29 is 28.6 Å². The van der Waals surface area contributed by atoms with E-state index in [1.165, 1.54) is 57.8 Å². The van der Waals surface area contributed by atoms with E-state index in [1.54, 1.807) is 0 Å². The topological polar surface area (TPSA) is 78.9 Å². The average molecular weight is 968 g/mol. The van der Waals surface area contributed by atoms with Crippen LogP contribution < -0.4 is 0 Å². The number of esters is 3. The molecule has 394 valence electrons. The van der Waals surface area contributed by atoms with Gasteiger partial charge in [-0.3, -0.25) is 14.4 Å². The van der Waals surface area contributed by atoms with Gasteiger partial charge in [0.1, 0.15) is 13.2 Å². The lowest BCUT2D eigenvalue weighted by Gasteiger charge is -2.18. The molecule has 0 radical (unpaired) electrons. The third kappa shape index (κ3) is 54.5. The molecule has 1 unspecified atom stereocenters. The third-order valence-electron chi connectivity index (χ3n) is 11.4. The molecule has 6 nitrogen and oxygen atoms in total. The van der Waals surface area contributed by atoms with Crippen LogP contribution in [0.25, 0.3) is 0 Å². The minimum Gasteiger partial charge on any atom is -0.462 e. The van der Waals surface area contributed by atoms with Crippen LogP contribution in [0.5, 0.6) is 0 Å². The van der Waals surface area contributed by atoms with Gasteiger partial charge in [-0.2, -0.15) is 0 Å². The molecule has 0 aromatic rings. The number of carbonyl (C=O) groups excluding carboxylic acids is 3. The number of rotatable bonds is 49. The summed E-state index contributed by atoms with van der Waals surface area (Å²) in [7, 11) is 0. The van der Waals surface area contributed by atoms with E-state index in [0.29, 0.717) is 19.3 Å². The second-order valence-corrected chi connectivity index (χ2v) is 18.1. The van der Waals surface area contributed by atoms with Gasteiger partial charge in [-0.05, 0) is 116 Å². The molecule has 0 saturated heterocycles. The van der Waals surface area contributed by atoms with Gasteiger partial charge >= 0.3 is 17.9 Å². The van der Waals surface area contributed by atoms with Crippen LogP contribution in [0.15, 0.2) is 134 Å². The molecule has 0 bridgehead atoms. The van der Waals surface area contributed by atoms with Gasteiger partial charge in [0.05, 0.1) is 0 Å². The highest BCUT2D eigenvalue weighted by Gasteiger charge is 2.19. The van der Waals surface area contributed by atoms with E-state index in [2.05, 4.69) is 154 Å². The summed E-state index contributed by atoms with van der Waals surface area (Å²) >= 11 is 0. The summed E-state index contributed by atoms with van der Waals surface area (Å²) in [6, 6.07) is 0. The summed E-state index contributed by atoms with van der Waals surface area (Å²) in [5, 5.41) is 0. The summed E-state index contributed by atoms with van der Waals surface area (Å²) in [5.74, 6) is -0.995. The van der Waals surface area contributed by atoms with Crippen LogP contribution in [0.1, 0.15) is 233 Å². The fourth-order valence-electron chi connectivity index (χ4n) is 7.18. The standard InChI is InChI=1S/C64H102O6/c1-4-7-10-13-16-18-20-22-24-26-27-28-29-30-31-32-33-34-35-36-37-38-40-41-43-45-48-51-54-57-63(66)69-60-61(59-68-62(65)56-53-50-47-15-12-9-6-3)70-64(67)58-55-52-49-46-44-42-39-25-23-21-19-17-14-11-8-5-2/h7,10,16,18-19,21-22,24-25,27-28,30-31,33-34,36-37,39-41,45,48,61H,4-6,8-9,11-15,17,20,23,26,29,32,35,38,42-44,46-47,49-60H2,1-3H3/b10-7-,18-16-,21-19-,24-22-,28-27-,31-30-,34-33-,37-36-,39-25-,41-40-,48-45-. The number of hydrogen-bond acceptors (Lipinski definition) is 6. The molecule has 0 amide bonds. The molecule has 0 aromatic carbocycles. The second kappa shape index (κ2) is 57.1. The molecule has 70 heavy (non-hydrogen) atoms. The number of hydrogen-bond donors (Lipinski definition) is 0. The fourth-order valence-corrected chi connectivity index (χ4v) is 7.18. The minimum atomic E-state index is -0.810. The first-order chi connectivity index (χ1) is 34.5. The Hall–Kier alpha value is -4.45. The summed E-state index contributed by atoms with van der Waals surface area (Å²) in [5.41, 5.74) is 0. The van der Waals surface area contributed by atoms with Gasteiger partial charge < -0.3 is 14.2 Å².